The van der Waals surface area contributed by atoms with E-state index in [1.807, 2.05) is 38.1 Å². The summed E-state index contributed by atoms with van der Waals surface area (Å²) in [6, 6.07) is 10.7. The van der Waals surface area contributed by atoms with Gasteiger partial charge in [-0.1, -0.05) is 18.2 Å². The van der Waals surface area contributed by atoms with E-state index in [1.54, 1.807) is 6.07 Å². The first-order valence-corrected chi connectivity index (χ1v) is 6.32. The van der Waals surface area contributed by atoms with Crippen molar-refractivity contribution >= 4 is 23.0 Å². The minimum atomic E-state index is -0.213. The van der Waals surface area contributed by atoms with Crippen molar-refractivity contribution in [2.75, 3.05) is 5.32 Å². The van der Waals surface area contributed by atoms with Crippen molar-refractivity contribution in [2.24, 2.45) is 5.73 Å². The van der Waals surface area contributed by atoms with Crippen LogP contribution in [0, 0.1) is 19.7 Å². The van der Waals surface area contributed by atoms with E-state index < -0.39 is 0 Å². The molecular formula is C15H15FN2S. The molecule has 0 saturated heterocycles. The summed E-state index contributed by atoms with van der Waals surface area (Å²) in [5.74, 6) is -0.213. The highest BCUT2D eigenvalue weighted by Crippen LogP contribution is 2.29. The molecule has 0 aliphatic carbocycles. The van der Waals surface area contributed by atoms with Gasteiger partial charge >= 0.3 is 0 Å². The molecule has 0 aromatic heterocycles. The van der Waals surface area contributed by atoms with Gasteiger partial charge < -0.3 is 11.1 Å². The number of hydrogen-bond donors (Lipinski definition) is 2. The highest BCUT2D eigenvalue weighted by molar-refractivity contribution is 7.80. The molecule has 0 amide bonds. The summed E-state index contributed by atoms with van der Waals surface area (Å²) in [5, 5.41) is 3.12. The zero-order valence-corrected chi connectivity index (χ0v) is 11.6. The highest BCUT2D eigenvalue weighted by atomic mass is 32.1. The number of rotatable bonds is 2. The highest BCUT2D eigenvalue weighted by Gasteiger charge is 2.09. The van der Waals surface area contributed by atoms with Gasteiger partial charge in [0.25, 0.3) is 0 Å². The molecule has 4 heteroatoms. The van der Waals surface area contributed by atoms with Crippen LogP contribution in [0.2, 0.25) is 0 Å². The van der Waals surface area contributed by atoms with E-state index in [0.717, 1.165) is 22.4 Å². The van der Waals surface area contributed by atoms with Crippen molar-refractivity contribution in [1.29, 1.82) is 0 Å². The molecule has 3 N–H and O–H groups in total. The van der Waals surface area contributed by atoms with Gasteiger partial charge in [-0.3, -0.25) is 0 Å². The van der Waals surface area contributed by atoms with E-state index in [9.17, 15) is 4.39 Å². The van der Waals surface area contributed by atoms with Crippen LogP contribution in [0.1, 0.15) is 11.1 Å². The molecule has 0 aliphatic rings. The summed E-state index contributed by atoms with van der Waals surface area (Å²) in [7, 11) is 0. The predicted octanol–water partition coefficient (Wildman–Crippen LogP) is 3.77. The molecule has 98 valence electrons. The van der Waals surface area contributed by atoms with E-state index in [0.29, 0.717) is 5.56 Å². The summed E-state index contributed by atoms with van der Waals surface area (Å²) in [4.78, 5) is 0. The van der Waals surface area contributed by atoms with Gasteiger partial charge in [0, 0.05) is 11.3 Å². The number of aryl methyl sites for hydroxylation is 2. The zero-order chi connectivity index (χ0) is 14.0. The van der Waals surface area contributed by atoms with Gasteiger partial charge in [-0.25, -0.2) is 4.39 Å². The van der Waals surface area contributed by atoms with Crippen LogP contribution in [0.5, 0.6) is 0 Å². The van der Waals surface area contributed by atoms with Crippen molar-refractivity contribution in [3.63, 3.8) is 0 Å². The minimum absolute atomic E-state index is 0.213. The number of nitrogens with two attached hydrogens (primary N) is 1. The van der Waals surface area contributed by atoms with Crippen LogP contribution in [0.15, 0.2) is 36.4 Å². The third kappa shape index (κ3) is 2.90. The molecule has 0 spiro atoms. The fourth-order valence-electron chi connectivity index (χ4n) is 2.09. The van der Waals surface area contributed by atoms with Crippen LogP contribution in [0.4, 0.5) is 10.1 Å². The van der Waals surface area contributed by atoms with Crippen LogP contribution in [-0.4, -0.2) is 5.11 Å². The van der Waals surface area contributed by atoms with Gasteiger partial charge in [-0.05, 0) is 61.0 Å². The van der Waals surface area contributed by atoms with Crippen molar-refractivity contribution in [3.05, 3.63) is 53.3 Å². The van der Waals surface area contributed by atoms with Crippen molar-refractivity contribution in [1.82, 2.24) is 0 Å². The van der Waals surface area contributed by atoms with Crippen molar-refractivity contribution in [2.45, 2.75) is 13.8 Å². The quantitative estimate of drug-likeness (QED) is 0.819. The molecule has 0 radical (unpaired) electrons. The standard InChI is InChI=1S/C15H15FN2S/c1-9-4-3-5-12(16)14(9)11-6-7-13(10(2)8-11)18-15(17)19/h3-8H,1-2H3,(H3,17,18,19). The second-order valence-corrected chi connectivity index (χ2v) is 4.89. The molecule has 0 saturated carbocycles. The summed E-state index contributed by atoms with van der Waals surface area (Å²) in [6.45, 7) is 3.83. The SMILES string of the molecule is Cc1cc(-c2c(C)cccc2F)ccc1NC(N)=S. The molecule has 2 aromatic rings. The topological polar surface area (TPSA) is 38.0 Å². The third-order valence-electron chi connectivity index (χ3n) is 2.99. The molecule has 19 heavy (non-hydrogen) atoms. The Morgan fingerprint density at radius 1 is 1.16 bits per heavy atom. The van der Waals surface area contributed by atoms with Crippen LogP contribution in [0.3, 0.4) is 0 Å². The maximum atomic E-state index is 13.9. The Morgan fingerprint density at radius 3 is 2.47 bits per heavy atom. The Morgan fingerprint density at radius 2 is 1.89 bits per heavy atom. The van der Waals surface area contributed by atoms with E-state index in [-0.39, 0.29) is 10.9 Å². The zero-order valence-electron chi connectivity index (χ0n) is 10.8. The Labute approximate surface area is 117 Å². The molecule has 2 nitrogen and oxygen atoms in total. The summed E-state index contributed by atoms with van der Waals surface area (Å²) in [6.07, 6.45) is 0. The lowest BCUT2D eigenvalue weighted by Crippen LogP contribution is -2.19. The Kier molecular flexibility index (Phi) is 3.81. The molecule has 2 rings (SSSR count). The summed E-state index contributed by atoms with van der Waals surface area (Å²) < 4.78 is 13.9. The number of anilines is 1. The van der Waals surface area contributed by atoms with Crippen LogP contribution >= 0.6 is 12.2 Å². The van der Waals surface area contributed by atoms with Gasteiger partial charge in [-0.15, -0.1) is 0 Å². The normalized spacial score (nSPS) is 10.3. The first-order valence-electron chi connectivity index (χ1n) is 5.91. The number of benzene rings is 2. The van der Waals surface area contributed by atoms with Crippen LogP contribution < -0.4 is 11.1 Å². The van der Waals surface area contributed by atoms with Crippen molar-refractivity contribution in [3.8, 4) is 11.1 Å². The van der Waals surface area contributed by atoms with Gasteiger partial charge in [0.1, 0.15) is 5.82 Å². The molecule has 0 heterocycles. The second-order valence-electron chi connectivity index (χ2n) is 4.45. The predicted molar refractivity (Wildman–Crippen MR) is 81.7 cm³/mol. The van der Waals surface area contributed by atoms with E-state index >= 15 is 0 Å². The number of thiocarbonyl (C=S) groups is 1. The molecule has 0 atom stereocenters. The van der Waals surface area contributed by atoms with Crippen molar-refractivity contribution < 1.29 is 4.39 Å². The average Bonchev–Trinajstić information content (AvgIpc) is 2.32. The smallest absolute Gasteiger partial charge is 0.168 e. The Hall–Kier alpha value is -1.94. The molecule has 0 fully saturated rings. The second kappa shape index (κ2) is 5.36. The van der Waals surface area contributed by atoms with E-state index in [4.69, 9.17) is 18.0 Å². The number of halogens is 1. The summed E-state index contributed by atoms with van der Waals surface area (Å²) in [5.41, 5.74) is 9.65. The first-order chi connectivity index (χ1) is 8.99. The molecule has 0 bridgehead atoms. The number of nitrogens with one attached hydrogen (secondary N) is 1. The lowest BCUT2D eigenvalue weighted by molar-refractivity contribution is 0.630. The largest absolute Gasteiger partial charge is 0.376 e. The monoisotopic (exact) mass is 274 g/mol. The molecule has 2 aromatic carbocycles. The van der Waals surface area contributed by atoms with Crippen LogP contribution in [0.25, 0.3) is 11.1 Å². The van der Waals surface area contributed by atoms with E-state index in [1.165, 1.54) is 6.07 Å². The lowest BCUT2D eigenvalue weighted by Gasteiger charge is -2.12. The van der Waals surface area contributed by atoms with E-state index in [2.05, 4.69) is 5.32 Å². The molecule has 0 unspecified atom stereocenters. The van der Waals surface area contributed by atoms with Gasteiger partial charge in [-0.2, -0.15) is 0 Å². The summed E-state index contributed by atoms with van der Waals surface area (Å²) >= 11 is 4.81. The Bertz CT molecular complexity index is 618. The average molecular weight is 274 g/mol. The fourth-order valence-corrected chi connectivity index (χ4v) is 2.20. The molecule has 0 aliphatic heterocycles. The maximum absolute atomic E-state index is 13.9. The van der Waals surface area contributed by atoms with Gasteiger partial charge in [0.15, 0.2) is 5.11 Å². The minimum Gasteiger partial charge on any atom is -0.376 e. The van der Waals surface area contributed by atoms with Gasteiger partial charge in [0.2, 0.25) is 0 Å². The lowest BCUT2D eigenvalue weighted by atomic mass is 9.98. The number of hydrogen-bond acceptors (Lipinski definition) is 1. The molecular weight excluding hydrogens is 259 g/mol. The fraction of sp³-hybridized carbons (Fsp3) is 0.133. The first kappa shape index (κ1) is 13.5. The van der Waals surface area contributed by atoms with Crippen LogP contribution in [-0.2, 0) is 0 Å². The third-order valence-corrected chi connectivity index (χ3v) is 3.10. The maximum Gasteiger partial charge on any atom is 0.168 e. The Balaban J connectivity index is 2.48. The van der Waals surface area contributed by atoms with Gasteiger partial charge in [0.05, 0.1) is 0 Å².